The van der Waals surface area contributed by atoms with Crippen molar-refractivity contribution in [1.82, 2.24) is 4.90 Å². The molecule has 2 aromatic rings. The summed E-state index contributed by atoms with van der Waals surface area (Å²) in [7, 11) is 2.02. The van der Waals surface area contributed by atoms with Crippen LogP contribution in [0.2, 0.25) is 0 Å². The van der Waals surface area contributed by atoms with Gasteiger partial charge in [-0.15, -0.1) is 0 Å². The van der Waals surface area contributed by atoms with Crippen molar-refractivity contribution in [2.45, 2.75) is 12.6 Å². The van der Waals surface area contributed by atoms with Crippen molar-refractivity contribution in [1.29, 1.82) is 0 Å². The summed E-state index contributed by atoms with van der Waals surface area (Å²) in [6.45, 7) is 1.44. The number of hydrogen-bond donors (Lipinski definition) is 1. The van der Waals surface area contributed by atoms with Gasteiger partial charge in [0.1, 0.15) is 0 Å². The van der Waals surface area contributed by atoms with Crippen molar-refractivity contribution in [3.8, 4) is 0 Å². The molecule has 0 unspecified atom stereocenters. The van der Waals surface area contributed by atoms with E-state index < -0.39 is 6.10 Å². The molecule has 0 saturated carbocycles. The first kappa shape index (κ1) is 14.3. The summed E-state index contributed by atoms with van der Waals surface area (Å²) < 4.78 is 1.09. The zero-order valence-corrected chi connectivity index (χ0v) is 12.5. The van der Waals surface area contributed by atoms with Gasteiger partial charge in [-0.3, -0.25) is 4.90 Å². The van der Waals surface area contributed by atoms with Crippen LogP contribution < -0.4 is 0 Å². The second-order valence-corrected chi connectivity index (χ2v) is 5.67. The summed E-state index contributed by atoms with van der Waals surface area (Å²) in [5.41, 5.74) is 2.20. The highest BCUT2D eigenvalue weighted by molar-refractivity contribution is 9.10. The molecule has 100 valence electrons. The molecule has 0 aliphatic heterocycles. The normalized spacial score (nSPS) is 12.6. The Bertz CT molecular complexity index is 515. The Kier molecular flexibility index (Phi) is 5.14. The van der Waals surface area contributed by atoms with Crippen LogP contribution in [0.5, 0.6) is 0 Å². The lowest BCUT2D eigenvalue weighted by atomic mass is 10.1. The molecular weight excluding hydrogens is 302 g/mol. The molecule has 0 amide bonds. The Morgan fingerprint density at radius 2 is 1.84 bits per heavy atom. The monoisotopic (exact) mass is 319 g/mol. The maximum atomic E-state index is 10.2. The van der Waals surface area contributed by atoms with Crippen molar-refractivity contribution in [3.63, 3.8) is 0 Å². The smallest absolute Gasteiger partial charge is 0.0916 e. The SMILES string of the molecule is CN(Cc1cccc(Br)c1)C[C@H](O)c1ccccc1. The molecule has 0 spiro atoms. The first-order valence-electron chi connectivity index (χ1n) is 6.31. The van der Waals surface area contributed by atoms with Crippen LogP contribution in [0.4, 0.5) is 0 Å². The maximum absolute atomic E-state index is 10.2. The number of likely N-dealkylation sites (N-methyl/N-ethyl adjacent to an activating group) is 1. The summed E-state index contributed by atoms with van der Waals surface area (Å²) in [5, 5.41) is 10.2. The van der Waals surface area contributed by atoms with E-state index in [9.17, 15) is 5.11 Å². The largest absolute Gasteiger partial charge is 0.387 e. The van der Waals surface area contributed by atoms with E-state index in [0.717, 1.165) is 16.6 Å². The third-order valence-corrected chi connectivity index (χ3v) is 3.50. The van der Waals surface area contributed by atoms with Crippen molar-refractivity contribution in [2.75, 3.05) is 13.6 Å². The van der Waals surface area contributed by atoms with Crippen LogP contribution in [0.25, 0.3) is 0 Å². The molecule has 0 heterocycles. The minimum atomic E-state index is -0.446. The van der Waals surface area contributed by atoms with E-state index in [1.54, 1.807) is 0 Å². The number of aliphatic hydroxyl groups excluding tert-OH is 1. The van der Waals surface area contributed by atoms with Crippen molar-refractivity contribution in [3.05, 3.63) is 70.2 Å². The van der Waals surface area contributed by atoms with Gasteiger partial charge >= 0.3 is 0 Å². The summed E-state index contributed by atoms with van der Waals surface area (Å²) >= 11 is 3.47. The second kappa shape index (κ2) is 6.85. The Hall–Kier alpha value is -1.16. The van der Waals surface area contributed by atoms with Gasteiger partial charge in [-0.2, -0.15) is 0 Å². The molecule has 0 bridgehead atoms. The van der Waals surface area contributed by atoms with Gasteiger partial charge in [0.05, 0.1) is 6.10 Å². The average molecular weight is 320 g/mol. The highest BCUT2D eigenvalue weighted by Crippen LogP contribution is 2.16. The van der Waals surface area contributed by atoms with Gasteiger partial charge in [0, 0.05) is 17.6 Å². The summed E-state index contributed by atoms with van der Waals surface area (Å²) in [6, 6.07) is 18.0. The summed E-state index contributed by atoms with van der Waals surface area (Å²) in [6.07, 6.45) is -0.446. The molecule has 1 N–H and O–H groups in total. The number of halogens is 1. The van der Waals surface area contributed by atoms with Crippen LogP contribution >= 0.6 is 15.9 Å². The maximum Gasteiger partial charge on any atom is 0.0916 e. The number of benzene rings is 2. The van der Waals surface area contributed by atoms with Crippen LogP contribution in [0.1, 0.15) is 17.2 Å². The van der Waals surface area contributed by atoms with Gasteiger partial charge in [0.25, 0.3) is 0 Å². The van der Waals surface area contributed by atoms with Crippen molar-refractivity contribution >= 4 is 15.9 Å². The van der Waals surface area contributed by atoms with E-state index >= 15 is 0 Å². The Morgan fingerprint density at radius 3 is 2.53 bits per heavy atom. The Labute approximate surface area is 122 Å². The molecule has 0 saturated heterocycles. The quantitative estimate of drug-likeness (QED) is 0.910. The minimum Gasteiger partial charge on any atom is -0.387 e. The molecule has 1 atom stereocenters. The van der Waals surface area contributed by atoms with Crippen LogP contribution in [0.3, 0.4) is 0 Å². The molecule has 2 rings (SSSR count). The van der Waals surface area contributed by atoms with Crippen LogP contribution in [-0.4, -0.2) is 23.6 Å². The highest BCUT2D eigenvalue weighted by atomic mass is 79.9. The topological polar surface area (TPSA) is 23.5 Å². The fraction of sp³-hybridized carbons (Fsp3) is 0.250. The highest BCUT2D eigenvalue weighted by Gasteiger charge is 2.10. The first-order valence-corrected chi connectivity index (χ1v) is 7.10. The fourth-order valence-corrected chi connectivity index (χ4v) is 2.53. The van der Waals surface area contributed by atoms with Gasteiger partial charge in [-0.1, -0.05) is 58.4 Å². The zero-order valence-electron chi connectivity index (χ0n) is 11.0. The van der Waals surface area contributed by atoms with Gasteiger partial charge < -0.3 is 5.11 Å². The average Bonchev–Trinajstić information content (AvgIpc) is 2.39. The van der Waals surface area contributed by atoms with Gasteiger partial charge in [0.2, 0.25) is 0 Å². The van der Waals surface area contributed by atoms with E-state index in [1.807, 2.05) is 49.5 Å². The lowest BCUT2D eigenvalue weighted by Gasteiger charge is -2.21. The number of aliphatic hydroxyl groups is 1. The number of rotatable bonds is 5. The molecule has 0 fully saturated rings. The fourth-order valence-electron chi connectivity index (χ4n) is 2.09. The van der Waals surface area contributed by atoms with Gasteiger partial charge in [-0.25, -0.2) is 0 Å². The molecule has 0 aromatic heterocycles. The second-order valence-electron chi connectivity index (χ2n) is 4.75. The van der Waals surface area contributed by atoms with E-state index in [4.69, 9.17) is 0 Å². The molecule has 0 aliphatic carbocycles. The molecule has 0 radical (unpaired) electrons. The Balaban J connectivity index is 1.92. The van der Waals surface area contributed by atoms with E-state index in [-0.39, 0.29) is 0 Å². The van der Waals surface area contributed by atoms with Crippen LogP contribution in [-0.2, 0) is 6.54 Å². The van der Waals surface area contributed by atoms with Crippen molar-refractivity contribution in [2.24, 2.45) is 0 Å². The third kappa shape index (κ3) is 4.46. The summed E-state index contributed by atoms with van der Waals surface area (Å²) in [5.74, 6) is 0. The number of hydrogen-bond acceptors (Lipinski definition) is 2. The van der Waals surface area contributed by atoms with E-state index in [1.165, 1.54) is 5.56 Å². The Morgan fingerprint density at radius 1 is 1.11 bits per heavy atom. The van der Waals surface area contributed by atoms with E-state index in [0.29, 0.717) is 6.54 Å². The first-order chi connectivity index (χ1) is 9.15. The third-order valence-electron chi connectivity index (χ3n) is 3.01. The minimum absolute atomic E-state index is 0.446. The van der Waals surface area contributed by atoms with E-state index in [2.05, 4.69) is 33.0 Å². The van der Waals surface area contributed by atoms with Gasteiger partial charge in [-0.05, 0) is 30.3 Å². The zero-order chi connectivity index (χ0) is 13.7. The molecule has 2 aromatic carbocycles. The lowest BCUT2D eigenvalue weighted by Crippen LogP contribution is -2.24. The predicted octanol–water partition coefficient (Wildman–Crippen LogP) is 3.61. The molecular formula is C16H18BrNO. The van der Waals surface area contributed by atoms with Crippen LogP contribution in [0.15, 0.2) is 59.1 Å². The van der Waals surface area contributed by atoms with Crippen molar-refractivity contribution < 1.29 is 5.11 Å². The van der Waals surface area contributed by atoms with Crippen LogP contribution in [0, 0.1) is 0 Å². The predicted molar refractivity (Wildman–Crippen MR) is 81.9 cm³/mol. The molecule has 0 aliphatic rings. The lowest BCUT2D eigenvalue weighted by molar-refractivity contribution is 0.124. The molecule has 3 heteroatoms. The molecule has 2 nitrogen and oxygen atoms in total. The number of nitrogens with zero attached hydrogens (tertiary/aromatic N) is 1. The summed E-state index contributed by atoms with van der Waals surface area (Å²) in [4.78, 5) is 2.12. The van der Waals surface area contributed by atoms with Gasteiger partial charge in [0.15, 0.2) is 0 Å². The molecule has 19 heavy (non-hydrogen) atoms. The standard InChI is InChI=1S/C16H18BrNO/c1-18(11-13-6-5-9-15(17)10-13)12-16(19)14-7-3-2-4-8-14/h2-10,16,19H,11-12H2,1H3/t16-/m0/s1.